The van der Waals surface area contributed by atoms with E-state index in [1.54, 1.807) is 31.2 Å². The van der Waals surface area contributed by atoms with Gasteiger partial charge in [0.25, 0.3) is 5.56 Å². The van der Waals surface area contributed by atoms with Crippen LogP contribution in [0.15, 0.2) is 29.1 Å². The molecule has 0 aliphatic rings. The minimum Gasteiger partial charge on any atom is -0.462 e. The topological polar surface area (TPSA) is 97.0 Å². The highest BCUT2D eigenvalue weighted by molar-refractivity contribution is 5.89. The zero-order valence-electron chi connectivity index (χ0n) is 12.7. The second kappa shape index (κ2) is 6.84. The van der Waals surface area contributed by atoms with Crippen LogP contribution in [0.3, 0.4) is 0 Å². The van der Waals surface area contributed by atoms with E-state index < -0.39 is 0 Å². The van der Waals surface area contributed by atoms with Crippen molar-refractivity contribution >= 4 is 17.6 Å². The van der Waals surface area contributed by atoms with E-state index in [4.69, 9.17) is 4.74 Å². The lowest BCUT2D eigenvalue weighted by atomic mass is 10.2. The Hall–Kier alpha value is -2.70. The number of aromatic nitrogens is 3. The summed E-state index contributed by atoms with van der Waals surface area (Å²) in [6, 6.07) is 6.69. The SMILES string of the molecule is Cc1nnc(Nc2ccc(C(=O)OCC(C)C)cc2)[nH]c1=O. The molecule has 7 nitrogen and oxygen atoms in total. The molecule has 2 N–H and O–H groups in total. The highest BCUT2D eigenvalue weighted by Crippen LogP contribution is 2.13. The standard InChI is InChI=1S/C15H18N4O3/c1-9(2)8-22-14(21)11-4-6-12(7-5-11)16-15-17-13(20)10(3)18-19-15/h4-7,9H,8H2,1-3H3,(H2,16,17,19,20). The van der Waals surface area contributed by atoms with E-state index >= 15 is 0 Å². The number of ether oxygens (including phenoxy) is 1. The molecule has 7 heteroatoms. The average molecular weight is 302 g/mol. The third kappa shape index (κ3) is 4.15. The number of hydrogen-bond acceptors (Lipinski definition) is 6. The molecule has 0 radical (unpaired) electrons. The van der Waals surface area contributed by atoms with E-state index in [2.05, 4.69) is 20.5 Å². The Bertz CT molecular complexity index is 707. The van der Waals surface area contributed by atoms with Crippen LogP contribution in [0, 0.1) is 12.8 Å². The molecular weight excluding hydrogens is 284 g/mol. The first-order valence-electron chi connectivity index (χ1n) is 6.93. The van der Waals surface area contributed by atoms with Gasteiger partial charge < -0.3 is 10.1 Å². The quantitative estimate of drug-likeness (QED) is 0.820. The summed E-state index contributed by atoms with van der Waals surface area (Å²) >= 11 is 0. The van der Waals surface area contributed by atoms with Crippen LogP contribution in [-0.4, -0.2) is 27.8 Å². The van der Waals surface area contributed by atoms with Gasteiger partial charge in [0.1, 0.15) is 5.69 Å². The van der Waals surface area contributed by atoms with Crippen molar-refractivity contribution in [1.82, 2.24) is 15.2 Å². The molecule has 22 heavy (non-hydrogen) atoms. The number of rotatable bonds is 5. The molecule has 2 aromatic rings. The van der Waals surface area contributed by atoms with E-state index in [0.717, 1.165) is 0 Å². The first kappa shape index (κ1) is 15.7. The maximum Gasteiger partial charge on any atom is 0.338 e. The number of anilines is 2. The molecule has 1 aromatic carbocycles. The van der Waals surface area contributed by atoms with Gasteiger partial charge in [-0.3, -0.25) is 9.78 Å². The van der Waals surface area contributed by atoms with Crippen molar-refractivity contribution in [2.24, 2.45) is 5.92 Å². The van der Waals surface area contributed by atoms with E-state index in [-0.39, 0.29) is 17.5 Å². The lowest BCUT2D eigenvalue weighted by Gasteiger charge is -2.08. The molecule has 0 fully saturated rings. The normalized spacial score (nSPS) is 10.5. The predicted molar refractivity (Wildman–Crippen MR) is 82.2 cm³/mol. The number of esters is 1. The van der Waals surface area contributed by atoms with Gasteiger partial charge >= 0.3 is 5.97 Å². The molecule has 1 heterocycles. The van der Waals surface area contributed by atoms with Gasteiger partial charge in [-0.25, -0.2) is 4.79 Å². The number of aryl methyl sites for hydroxylation is 1. The van der Waals surface area contributed by atoms with E-state index in [0.29, 0.717) is 29.5 Å². The highest BCUT2D eigenvalue weighted by atomic mass is 16.5. The van der Waals surface area contributed by atoms with Crippen LogP contribution in [-0.2, 0) is 4.74 Å². The molecule has 0 bridgehead atoms. The first-order chi connectivity index (χ1) is 10.5. The van der Waals surface area contributed by atoms with Crippen LogP contribution in [0.1, 0.15) is 29.9 Å². The number of nitrogens with one attached hydrogen (secondary N) is 2. The number of carbonyl (C=O) groups excluding carboxylic acids is 1. The summed E-state index contributed by atoms with van der Waals surface area (Å²) in [4.78, 5) is 25.8. The molecule has 2 rings (SSSR count). The van der Waals surface area contributed by atoms with Gasteiger partial charge in [-0.05, 0) is 37.1 Å². The van der Waals surface area contributed by atoms with Crippen molar-refractivity contribution in [3.8, 4) is 0 Å². The van der Waals surface area contributed by atoms with Gasteiger partial charge in [-0.15, -0.1) is 10.2 Å². The lowest BCUT2D eigenvalue weighted by molar-refractivity contribution is 0.0459. The fraction of sp³-hybridized carbons (Fsp3) is 0.333. The Morgan fingerprint density at radius 1 is 1.27 bits per heavy atom. The van der Waals surface area contributed by atoms with Gasteiger partial charge in [-0.1, -0.05) is 13.8 Å². The number of hydrogen-bond donors (Lipinski definition) is 2. The molecule has 0 unspecified atom stereocenters. The summed E-state index contributed by atoms with van der Waals surface area (Å²) < 4.78 is 5.15. The van der Waals surface area contributed by atoms with Gasteiger partial charge in [0.2, 0.25) is 5.95 Å². The summed E-state index contributed by atoms with van der Waals surface area (Å²) in [5.41, 5.74) is 1.14. The van der Waals surface area contributed by atoms with Gasteiger partial charge in [-0.2, -0.15) is 0 Å². The summed E-state index contributed by atoms with van der Waals surface area (Å²) in [5, 5.41) is 10.5. The Morgan fingerprint density at radius 2 is 1.95 bits per heavy atom. The average Bonchev–Trinajstić information content (AvgIpc) is 2.49. The minimum atomic E-state index is -0.358. The Balaban J connectivity index is 2.03. The lowest BCUT2D eigenvalue weighted by Crippen LogP contribution is -2.15. The molecule has 0 saturated carbocycles. The van der Waals surface area contributed by atoms with E-state index in [9.17, 15) is 9.59 Å². The van der Waals surface area contributed by atoms with Crippen molar-refractivity contribution in [3.63, 3.8) is 0 Å². The third-order valence-electron chi connectivity index (χ3n) is 2.79. The Labute approximate surface area is 127 Å². The Morgan fingerprint density at radius 3 is 2.55 bits per heavy atom. The summed E-state index contributed by atoms with van der Waals surface area (Å²) in [6.07, 6.45) is 0. The molecule has 0 atom stereocenters. The predicted octanol–water partition coefficient (Wildman–Crippen LogP) is 2.03. The molecule has 0 aliphatic carbocycles. The van der Waals surface area contributed by atoms with Crippen LogP contribution in [0.4, 0.5) is 11.6 Å². The van der Waals surface area contributed by atoms with Crippen LogP contribution in [0.5, 0.6) is 0 Å². The van der Waals surface area contributed by atoms with Crippen molar-refractivity contribution in [2.75, 3.05) is 11.9 Å². The van der Waals surface area contributed by atoms with E-state index in [1.165, 1.54) is 0 Å². The molecule has 116 valence electrons. The van der Waals surface area contributed by atoms with Gasteiger partial charge in [0.15, 0.2) is 0 Å². The fourth-order valence-electron chi connectivity index (χ4n) is 1.60. The molecule has 0 spiro atoms. The first-order valence-corrected chi connectivity index (χ1v) is 6.93. The van der Waals surface area contributed by atoms with Crippen LogP contribution >= 0.6 is 0 Å². The molecule has 0 saturated heterocycles. The number of nitrogens with zero attached hydrogens (tertiary/aromatic N) is 2. The van der Waals surface area contributed by atoms with Crippen molar-refractivity contribution < 1.29 is 9.53 Å². The molecular formula is C15H18N4O3. The zero-order valence-corrected chi connectivity index (χ0v) is 12.7. The number of aromatic amines is 1. The summed E-state index contributed by atoms with van der Waals surface area (Å²) in [5.74, 6) is 0.177. The monoisotopic (exact) mass is 302 g/mol. The third-order valence-corrected chi connectivity index (χ3v) is 2.79. The van der Waals surface area contributed by atoms with Gasteiger partial charge in [0, 0.05) is 5.69 Å². The second-order valence-electron chi connectivity index (χ2n) is 5.28. The molecule has 1 aromatic heterocycles. The van der Waals surface area contributed by atoms with Crippen molar-refractivity contribution in [2.45, 2.75) is 20.8 Å². The van der Waals surface area contributed by atoms with Crippen LogP contribution < -0.4 is 10.9 Å². The number of benzene rings is 1. The summed E-state index contributed by atoms with van der Waals surface area (Å²) in [7, 11) is 0. The van der Waals surface area contributed by atoms with Crippen LogP contribution in [0.25, 0.3) is 0 Å². The summed E-state index contributed by atoms with van der Waals surface area (Å²) in [6.45, 7) is 5.92. The second-order valence-corrected chi connectivity index (χ2v) is 5.28. The minimum absolute atomic E-state index is 0.241. The maximum atomic E-state index is 11.8. The zero-order chi connectivity index (χ0) is 16.1. The number of H-pyrrole nitrogens is 1. The van der Waals surface area contributed by atoms with Gasteiger partial charge in [0.05, 0.1) is 12.2 Å². The van der Waals surface area contributed by atoms with Crippen molar-refractivity contribution in [3.05, 3.63) is 45.9 Å². The largest absolute Gasteiger partial charge is 0.462 e. The van der Waals surface area contributed by atoms with Crippen molar-refractivity contribution in [1.29, 1.82) is 0 Å². The smallest absolute Gasteiger partial charge is 0.338 e. The Kier molecular flexibility index (Phi) is 4.88. The number of carbonyl (C=O) groups is 1. The fourth-order valence-corrected chi connectivity index (χ4v) is 1.60. The van der Waals surface area contributed by atoms with E-state index in [1.807, 2.05) is 13.8 Å². The molecule has 0 aliphatic heterocycles. The van der Waals surface area contributed by atoms with Crippen LogP contribution in [0.2, 0.25) is 0 Å². The highest BCUT2D eigenvalue weighted by Gasteiger charge is 2.08. The molecule has 0 amide bonds. The maximum absolute atomic E-state index is 11.8.